The van der Waals surface area contributed by atoms with Crippen LogP contribution in [0, 0.1) is 12.8 Å². The lowest BCUT2D eigenvalue weighted by Crippen LogP contribution is -2.39. The minimum absolute atomic E-state index is 0.105. The van der Waals surface area contributed by atoms with E-state index < -0.39 is 0 Å². The maximum Gasteiger partial charge on any atom is 0.324 e. The molecule has 2 aliphatic heterocycles. The predicted molar refractivity (Wildman–Crippen MR) is 89.8 cm³/mol. The van der Waals surface area contributed by atoms with Crippen LogP contribution in [-0.4, -0.2) is 47.2 Å². The molecule has 1 aromatic heterocycles. The molecule has 2 atom stereocenters. The number of aromatic nitrogens is 2. The van der Waals surface area contributed by atoms with Crippen molar-refractivity contribution < 1.29 is 9.53 Å². The van der Waals surface area contributed by atoms with Crippen molar-refractivity contribution in [2.45, 2.75) is 12.3 Å². The normalized spacial score (nSPS) is 25.5. The largest absolute Gasteiger partial charge is 0.380 e. The summed E-state index contributed by atoms with van der Waals surface area (Å²) >= 11 is 0. The average Bonchev–Trinajstić information content (AvgIpc) is 3.14. The minimum Gasteiger partial charge on any atom is -0.380 e. The first-order valence-electron chi connectivity index (χ1n) is 8.16. The Morgan fingerprint density at radius 1 is 1.33 bits per heavy atom. The number of carbonyl (C=O) groups excluding carboxylic acids is 1. The van der Waals surface area contributed by atoms with E-state index in [9.17, 15) is 4.79 Å². The Balaban J connectivity index is 1.54. The summed E-state index contributed by atoms with van der Waals surface area (Å²) in [5.41, 5.74) is 1.97. The highest BCUT2D eigenvalue weighted by Gasteiger charge is 2.52. The second-order valence-corrected chi connectivity index (χ2v) is 6.57. The van der Waals surface area contributed by atoms with Gasteiger partial charge in [0.05, 0.1) is 13.2 Å². The van der Waals surface area contributed by atoms with E-state index in [1.165, 1.54) is 5.56 Å². The lowest BCUT2D eigenvalue weighted by Gasteiger charge is -2.27. The molecule has 2 amide bonds. The second-order valence-electron chi connectivity index (χ2n) is 6.57. The first-order chi connectivity index (χ1) is 11.7. The number of urea groups is 1. The molecular weight excluding hydrogens is 304 g/mol. The number of hydrogen-bond donors (Lipinski definition) is 1. The van der Waals surface area contributed by atoms with E-state index in [-0.39, 0.29) is 11.4 Å². The molecule has 1 N–H and O–H groups in total. The Labute approximate surface area is 140 Å². The molecule has 0 radical (unpaired) electrons. The molecule has 2 aromatic rings. The van der Waals surface area contributed by atoms with Gasteiger partial charge in [0, 0.05) is 36.3 Å². The molecule has 0 bridgehead atoms. The summed E-state index contributed by atoms with van der Waals surface area (Å²) in [6.45, 7) is 4.57. The van der Waals surface area contributed by atoms with Crippen LogP contribution in [0.2, 0.25) is 0 Å². The summed E-state index contributed by atoms with van der Waals surface area (Å²) in [6.07, 6.45) is 1.65. The zero-order valence-electron chi connectivity index (χ0n) is 13.6. The van der Waals surface area contributed by atoms with E-state index in [1.807, 2.05) is 30.0 Å². The fourth-order valence-corrected chi connectivity index (χ4v) is 3.75. The third-order valence-corrected chi connectivity index (χ3v) is 5.02. The highest BCUT2D eigenvalue weighted by Crippen LogP contribution is 2.43. The maximum atomic E-state index is 12.6. The summed E-state index contributed by atoms with van der Waals surface area (Å²) in [5.74, 6) is 0.672. The zero-order chi connectivity index (χ0) is 16.6. The quantitative estimate of drug-likeness (QED) is 0.920. The second kappa shape index (κ2) is 5.87. The molecule has 0 saturated carbocycles. The van der Waals surface area contributed by atoms with Crippen LogP contribution in [-0.2, 0) is 10.2 Å². The van der Waals surface area contributed by atoms with E-state index in [2.05, 4.69) is 27.4 Å². The van der Waals surface area contributed by atoms with Gasteiger partial charge in [0.15, 0.2) is 0 Å². The van der Waals surface area contributed by atoms with Crippen LogP contribution in [0.25, 0.3) is 0 Å². The van der Waals surface area contributed by atoms with Crippen LogP contribution in [0.4, 0.5) is 10.7 Å². The fraction of sp³-hybridized carbons (Fsp3) is 0.389. The van der Waals surface area contributed by atoms with Gasteiger partial charge in [-0.25, -0.2) is 14.8 Å². The van der Waals surface area contributed by atoms with Gasteiger partial charge in [-0.3, -0.25) is 5.32 Å². The Hall–Kier alpha value is -2.47. The molecule has 4 rings (SSSR count). The number of rotatable bonds is 2. The molecule has 0 aliphatic carbocycles. The predicted octanol–water partition coefficient (Wildman–Crippen LogP) is 2.22. The molecule has 3 heterocycles. The molecule has 2 saturated heterocycles. The topological polar surface area (TPSA) is 67.4 Å². The average molecular weight is 324 g/mol. The van der Waals surface area contributed by atoms with E-state index in [0.717, 1.165) is 5.69 Å². The molecule has 2 aliphatic rings. The molecule has 0 spiro atoms. The maximum absolute atomic E-state index is 12.6. The van der Waals surface area contributed by atoms with Crippen LogP contribution in [0.15, 0.2) is 42.6 Å². The number of fused-ring (bicyclic) bond motifs is 1. The summed E-state index contributed by atoms with van der Waals surface area (Å²) in [7, 11) is 0. The number of hydrogen-bond acceptors (Lipinski definition) is 4. The summed E-state index contributed by atoms with van der Waals surface area (Å²) in [5, 5.41) is 2.81. The molecule has 2 fully saturated rings. The number of amides is 2. The third-order valence-electron chi connectivity index (χ3n) is 5.02. The lowest BCUT2D eigenvalue weighted by atomic mass is 9.75. The fourth-order valence-electron chi connectivity index (χ4n) is 3.75. The number of nitrogens with zero attached hydrogens (tertiary/aromatic N) is 3. The Morgan fingerprint density at radius 2 is 2.17 bits per heavy atom. The van der Waals surface area contributed by atoms with Crippen molar-refractivity contribution in [3.63, 3.8) is 0 Å². The van der Waals surface area contributed by atoms with Gasteiger partial charge in [0.1, 0.15) is 0 Å². The van der Waals surface area contributed by atoms with Crippen LogP contribution in [0.3, 0.4) is 0 Å². The smallest absolute Gasteiger partial charge is 0.324 e. The number of anilines is 1. The van der Waals surface area contributed by atoms with E-state index in [4.69, 9.17) is 4.74 Å². The Morgan fingerprint density at radius 3 is 2.96 bits per heavy atom. The third kappa shape index (κ3) is 2.53. The molecule has 6 nitrogen and oxygen atoms in total. The number of likely N-dealkylation sites (tertiary alicyclic amines) is 1. The molecular formula is C18H20N4O2. The highest BCUT2D eigenvalue weighted by atomic mass is 16.5. The monoisotopic (exact) mass is 324 g/mol. The summed E-state index contributed by atoms with van der Waals surface area (Å²) < 4.78 is 5.75. The molecule has 24 heavy (non-hydrogen) atoms. The van der Waals surface area contributed by atoms with Gasteiger partial charge in [-0.05, 0) is 18.6 Å². The van der Waals surface area contributed by atoms with Crippen molar-refractivity contribution >= 4 is 12.0 Å². The van der Waals surface area contributed by atoms with Crippen molar-refractivity contribution in [3.8, 4) is 0 Å². The first-order valence-corrected chi connectivity index (χ1v) is 8.16. The van der Waals surface area contributed by atoms with Crippen LogP contribution >= 0.6 is 0 Å². The van der Waals surface area contributed by atoms with Crippen molar-refractivity contribution in [3.05, 3.63) is 53.9 Å². The van der Waals surface area contributed by atoms with Crippen molar-refractivity contribution in [1.29, 1.82) is 0 Å². The number of benzene rings is 1. The molecule has 6 heteroatoms. The summed E-state index contributed by atoms with van der Waals surface area (Å²) in [6, 6.07) is 12.0. The van der Waals surface area contributed by atoms with Crippen LogP contribution in [0.1, 0.15) is 11.3 Å². The Bertz CT molecular complexity index is 752. The van der Waals surface area contributed by atoms with Crippen molar-refractivity contribution in [2.75, 3.05) is 31.6 Å². The minimum atomic E-state index is -0.148. The molecule has 1 aromatic carbocycles. The van der Waals surface area contributed by atoms with Gasteiger partial charge in [0.25, 0.3) is 0 Å². The van der Waals surface area contributed by atoms with Crippen LogP contribution < -0.4 is 5.32 Å². The van der Waals surface area contributed by atoms with Gasteiger partial charge < -0.3 is 9.64 Å². The first kappa shape index (κ1) is 15.1. The lowest BCUT2D eigenvalue weighted by molar-refractivity contribution is 0.152. The molecule has 0 unspecified atom stereocenters. The van der Waals surface area contributed by atoms with Gasteiger partial charge in [-0.1, -0.05) is 30.3 Å². The van der Waals surface area contributed by atoms with Gasteiger partial charge in [-0.15, -0.1) is 0 Å². The van der Waals surface area contributed by atoms with E-state index >= 15 is 0 Å². The highest BCUT2D eigenvalue weighted by molar-refractivity contribution is 5.87. The van der Waals surface area contributed by atoms with Crippen molar-refractivity contribution in [2.24, 2.45) is 5.92 Å². The van der Waals surface area contributed by atoms with Crippen molar-refractivity contribution in [1.82, 2.24) is 14.9 Å². The van der Waals surface area contributed by atoms with Gasteiger partial charge in [-0.2, -0.15) is 0 Å². The number of nitrogens with one attached hydrogen (secondary N) is 1. The number of ether oxygens (including phenoxy) is 1. The molecule has 124 valence electrons. The van der Waals surface area contributed by atoms with E-state index in [0.29, 0.717) is 38.2 Å². The van der Waals surface area contributed by atoms with E-state index in [1.54, 1.807) is 12.3 Å². The summed E-state index contributed by atoms with van der Waals surface area (Å²) in [4.78, 5) is 22.8. The standard InChI is InChI=1S/C18H20N4O2/c1-13-7-8-19-16(20-13)21-17(23)22-9-15-10-24-12-18(15,11-22)14-5-3-2-4-6-14/h2-8,15H,9-12H2,1H3,(H,19,20,21,23)/t15-,18+/m1/s1. The zero-order valence-corrected chi connectivity index (χ0v) is 13.6. The van der Waals surface area contributed by atoms with Gasteiger partial charge >= 0.3 is 6.03 Å². The number of carbonyl (C=O) groups is 1. The van der Waals surface area contributed by atoms with Crippen LogP contribution in [0.5, 0.6) is 0 Å². The SMILES string of the molecule is Cc1ccnc(NC(=O)N2C[C@@H]3COC[C@]3(c3ccccc3)C2)n1. The number of aryl methyl sites for hydroxylation is 1. The van der Waals surface area contributed by atoms with Gasteiger partial charge in [0.2, 0.25) is 5.95 Å². The Kier molecular flexibility index (Phi) is 3.69.